The first-order valence-corrected chi connectivity index (χ1v) is 7.95. The Kier molecular flexibility index (Phi) is 9.01. The van der Waals surface area contributed by atoms with Crippen LogP contribution >= 0.6 is 0 Å². The Morgan fingerprint density at radius 1 is 1.38 bits per heavy atom. The Bertz CT molecular complexity index is 317. The summed E-state index contributed by atoms with van der Waals surface area (Å²) in [5, 5.41) is 6.36. The first-order valence-electron chi connectivity index (χ1n) is 7.95. The Hall–Kier alpha value is -1.14. The number of esters is 1. The van der Waals surface area contributed by atoms with Gasteiger partial charge in [0.15, 0.2) is 0 Å². The van der Waals surface area contributed by atoms with E-state index in [1.54, 1.807) is 0 Å². The molecule has 1 saturated heterocycles. The minimum Gasteiger partial charge on any atom is -0.469 e. The fraction of sp³-hybridized carbons (Fsp3) is 0.867. The number of nitrogens with one attached hydrogen (secondary N) is 2. The summed E-state index contributed by atoms with van der Waals surface area (Å²) >= 11 is 0. The third-order valence-corrected chi connectivity index (χ3v) is 3.81. The van der Waals surface area contributed by atoms with Crippen molar-refractivity contribution in [1.29, 1.82) is 0 Å². The third kappa shape index (κ3) is 8.02. The van der Waals surface area contributed by atoms with Gasteiger partial charge in [0.25, 0.3) is 0 Å². The Morgan fingerprint density at radius 3 is 2.81 bits per heavy atom. The zero-order valence-electron chi connectivity index (χ0n) is 13.3. The predicted molar refractivity (Wildman–Crippen MR) is 82.0 cm³/mol. The zero-order valence-corrected chi connectivity index (χ0v) is 13.3. The number of piperidine rings is 1. The van der Waals surface area contributed by atoms with Crippen LogP contribution in [-0.4, -0.2) is 62.7 Å². The molecular weight excluding hydrogens is 270 g/mol. The minimum atomic E-state index is -0.234. The third-order valence-electron chi connectivity index (χ3n) is 3.81. The summed E-state index contributed by atoms with van der Waals surface area (Å²) in [7, 11) is 1.37. The van der Waals surface area contributed by atoms with Gasteiger partial charge in [-0.25, -0.2) is 0 Å². The molecule has 0 radical (unpaired) electrons. The van der Waals surface area contributed by atoms with E-state index in [0.717, 1.165) is 19.6 Å². The van der Waals surface area contributed by atoms with E-state index in [-0.39, 0.29) is 11.9 Å². The molecule has 1 rings (SSSR count). The van der Waals surface area contributed by atoms with Crippen molar-refractivity contribution in [2.24, 2.45) is 0 Å². The number of rotatable bonds is 9. The molecule has 6 nitrogen and oxygen atoms in total. The van der Waals surface area contributed by atoms with Crippen LogP contribution in [-0.2, 0) is 14.3 Å². The highest BCUT2D eigenvalue weighted by molar-refractivity contribution is 5.78. The number of nitrogens with zero attached hydrogens (tertiary/aromatic N) is 1. The lowest BCUT2D eigenvalue weighted by Gasteiger charge is -2.29. The van der Waals surface area contributed by atoms with Gasteiger partial charge in [0.2, 0.25) is 5.91 Å². The number of amides is 1. The molecule has 0 spiro atoms. The van der Waals surface area contributed by atoms with Crippen molar-refractivity contribution in [2.75, 3.05) is 39.8 Å². The maximum absolute atomic E-state index is 11.9. The first-order chi connectivity index (χ1) is 10.2. The number of carbonyl (C=O) groups is 2. The predicted octanol–water partition coefficient (Wildman–Crippen LogP) is 0.520. The van der Waals surface area contributed by atoms with E-state index < -0.39 is 0 Å². The zero-order chi connectivity index (χ0) is 15.5. The molecule has 0 saturated carbocycles. The molecule has 21 heavy (non-hydrogen) atoms. The van der Waals surface area contributed by atoms with Crippen molar-refractivity contribution < 1.29 is 14.3 Å². The lowest BCUT2D eigenvalue weighted by atomic mass is 10.0. The summed E-state index contributed by atoms with van der Waals surface area (Å²) in [5.74, 6) is -0.208. The molecule has 1 atom stereocenters. The first kappa shape index (κ1) is 17.9. The highest BCUT2D eigenvalue weighted by Gasteiger charge is 2.17. The van der Waals surface area contributed by atoms with Crippen LogP contribution < -0.4 is 10.6 Å². The van der Waals surface area contributed by atoms with Crippen molar-refractivity contribution in [2.45, 2.75) is 45.1 Å². The monoisotopic (exact) mass is 299 g/mol. The van der Waals surface area contributed by atoms with Crippen LogP contribution in [0.5, 0.6) is 0 Å². The second kappa shape index (κ2) is 10.6. The van der Waals surface area contributed by atoms with Crippen molar-refractivity contribution in [3.63, 3.8) is 0 Å². The Balaban J connectivity index is 2.16. The van der Waals surface area contributed by atoms with E-state index in [9.17, 15) is 9.59 Å². The number of carbonyl (C=O) groups excluding carboxylic acids is 2. The molecule has 1 aliphatic heterocycles. The standard InChI is InChI=1S/C15H29N3O3/c1-3-18(11-13-7-4-5-9-16-13)12-14(19)17-10-6-8-15(20)21-2/h13,16H,3-12H2,1-2H3,(H,17,19). The lowest BCUT2D eigenvalue weighted by molar-refractivity contribution is -0.140. The molecular formula is C15H29N3O3. The molecule has 1 fully saturated rings. The van der Waals surface area contributed by atoms with Gasteiger partial charge in [-0.2, -0.15) is 0 Å². The van der Waals surface area contributed by atoms with Crippen LogP contribution in [0.3, 0.4) is 0 Å². The number of likely N-dealkylation sites (N-methyl/N-ethyl adjacent to an activating group) is 1. The van der Waals surface area contributed by atoms with Crippen LogP contribution in [0.1, 0.15) is 39.0 Å². The van der Waals surface area contributed by atoms with E-state index in [2.05, 4.69) is 27.2 Å². The van der Waals surface area contributed by atoms with E-state index in [4.69, 9.17) is 0 Å². The molecule has 1 unspecified atom stereocenters. The molecule has 1 heterocycles. The van der Waals surface area contributed by atoms with Crippen LogP contribution in [0.15, 0.2) is 0 Å². The quantitative estimate of drug-likeness (QED) is 0.480. The number of hydrogen-bond acceptors (Lipinski definition) is 5. The second-order valence-corrected chi connectivity index (χ2v) is 5.50. The smallest absolute Gasteiger partial charge is 0.305 e. The number of ether oxygens (including phenoxy) is 1. The van der Waals surface area contributed by atoms with Gasteiger partial charge in [-0.1, -0.05) is 13.3 Å². The van der Waals surface area contributed by atoms with Gasteiger partial charge in [-0.15, -0.1) is 0 Å². The molecule has 1 aliphatic rings. The maximum atomic E-state index is 11.9. The summed E-state index contributed by atoms with van der Waals surface area (Å²) in [5.41, 5.74) is 0. The van der Waals surface area contributed by atoms with Gasteiger partial charge in [-0.05, 0) is 32.4 Å². The van der Waals surface area contributed by atoms with Gasteiger partial charge in [0.1, 0.15) is 0 Å². The fourth-order valence-corrected chi connectivity index (χ4v) is 2.52. The summed E-state index contributed by atoms with van der Waals surface area (Å²) in [6.45, 7) is 5.90. The summed E-state index contributed by atoms with van der Waals surface area (Å²) < 4.78 is 4.56. The van der Waals surface area contributed by atoms with Crippen molar-refractivity contribution in [3.8, 4) is 0 Å². The van der Waals surface area contributed by atoms with E-state index >= 15 is 0 Å². The van der Waals surface area contributed by atoms with Gasteiger partial charge in [0.05, 0.1) is 13.7 Å². The van der Waals surface area contributed by atoms with Crippen LogP contribution in [0, 0.1) is 0 Å². The molecule has 0 aromatic rings. The van der Waals surface area contributed by atoms with Crippen molar-refractivity contribution >= 4 is 11.9 Å². The Labute approximate surface area is 127 Å². The van der Waals surface area contributed by atoms with Gasteiger partial charge in [0, 0.05) is 25.6 Å². The van der Waals surface area contributed by atoms with Crippen molar-refractivity contribution in [3.05, 3.63) is 0 Å². The molecule has 0 aromatic heterocycles. The van der Waals surface area contributed by atoms with E-state index in [0.29, 0.717) is 32.0 Å². The molecule has 0 aromatic carbocycles. The van der Waals surface area contributed by atoms with E-state index in [1.807, 2.05) is 0 Å². The topological polar surface area (TPSA) is 70.7 Å². The summed E-state index contributed by atoms with van der Waals surface area (Å²) in [6, 6.07) is 0.505. The fourth-order valence-electron chi connectivity index (χ4n) is 2.52. The van der Waals surface area contributed by atoms with Crippen LogP contribution in [0.25, 0.3) is 0 Å². The Morgan fingerprint density at radius 2 is 2.19 bits per heavy atom. The molecule has 2 N–H and O–H groups in total. The highest BCUT2D eigenvalue weighted by Crippen LogP contribution is 2.08. The number of hydrogen-bond donors (Lipinski definition) is 2. The minimum absolute atomic E-state index is 0.0255. The highest BCUT2D eigenvalue weighted by atomic mass is 16.5. The average Bonchev–Trinajstić information content (AvgIpc) is 2.51. The molecule has 1 amide bonds. The molecule has 122 valence electrons. The van der Waals surface area contributed by atoms with Gasteiger partial charge >= 0.3 is 5.97 Å². The summed E-state index contributed by atoms with van der Waals surface area (Å²) in [6.07, 6.45) is 4.69. The normalized spacial score (nSPS) is 18.5. The largest absolute Gasteiger partial charge is 0.469 e. The maximum Gasteiger partial charge on any atom is 0.305 e. The molecule has 0 aliphatic carbocycles. The van der Waals surface area contributed by atoms with Gasteiger partial charge in [-0.3, -0.25) is 14.5 Å². The van der Waals surface area contributed by atoms with Crippen molar-refractivity contribution in [1.82, 2.24) is 15.5 Å². The lowest BCUT2D eigenvalue weighted by Crippen LogP contribution is -2.46. The van der Waals surface area contributed by atoms with E-state index in [1.165, 1.54) is 26.4 Å². The SMILES string of the molecule is CCN(CC(=O)NCCCC(=O)OC)CC1CCCCN1. The van der Waals surface area contributed by atoms with Crippen LogP contribution in [0.4, 0.5) is 0 Å². The second-order valence-electron chi connectivity index (χ2n) is 5.50. The molecule has 6 heteroatoms. The number of methoxy groups -OCH3 is 1. The average molecular weight is 299 g/mol. The molecule has 0 bridgehead atoms. The summed E-state index contributed by atoms with van der Waals surface area (Å²) in [4.78, 5) is 25.0. The van der Waals surface area contributed by atoms with Crippen LogP contribution in [0.2, 0.25) is 0 Å². The van der Waals surface area contributed by atoms with Gasteiger partial charge < -0.3 is 15.4 Å².